The van der Waals surface area contributed by atoms with Crippen LogP contribution in [0.2, 0.25) is 0 Å². The Kier molecular flexibility index (Phi) is 4.26. The lowest BCUT2D eigenvalue weighted by molar-refractivity contribution is 0.340. The third kappa shape index (κ3) is 3.17. The van der Waals surface area contributed by atoms with Gasteiger partial charge in [-0.3, -0.25) is 0 Å². The van der Waals surface area contributed by atoms with Crippen LogP contribution in [0.1, 0.15) is 35.2 Å². The summed E-state index contributed by atoms with van der Waals surface area (Å²) in [6, 6.07) is 12.1. The maximum absolute atomic E-state index is 10.3. The van der Waals surface area contributed by atoms with Crippen LogP contribution >= 0.6 is 0 Å². The number of ether oxygens (including phenoxy) is 1. The van der Waals surface area contributed by atoms with Gasteiger partial charge in [0.1, 0.15) is 11.5 Å². The fourth-order valence-electron chi connectivity index (χ4n) is 2.85. The van der Waals surface area contributed by atoms with Crippen molar-refractivity contribution >= 4 is 5.70 Å². The molecule has 120 valence electrons. The molecule has 2 aromatic rings. The predicted octanol–water partition coefficient (Wildman–Crippen LogP) is 3.60. The van der Waals surface area contributed by atoms with Gasteiger partial charge in [-0.25, -0.2) is 5.43 Å². The zero-order valence-corrected chi connectivity index (χ0v) is 13.7. The zero-order valence-electron chi connectivity index (χ0n) is 13.7. The minimum atomic E-state index is 0.0564. The van der Waals surface area contributed by atoms with Crippen LogP contribution in [0.3, 0.4) is 0 Å². The van der Waals surface area contributed by atoms with E-state index in [4.69, 9.17) is 4.74 Å². The molecule has 1 atom stereocenters. The van der Waals surface area contributed by atoms with E-state index in [0.717, 1.165) is 33.7 Å². The molecule has 2 aromatic carbocycles. The van der Waals surface area contributed by atoms with Crippen LogP contribution in [0.15, 0.2) is 42.5 Å². The van der Waals surface area contributed by atoms with Crippen molar-refractivity contribution in [1.29, 1.82) is 0 Å². The Bertz CT molecular complexity index is 736. The number of rotatable bonds is 4. The fraction of sp³-hybridized carbons (Fsp3) is 0.263. The first kappa shape index (κ1) is 15.4. The van der Waals surface area contributed by atoms with Crippen LogP contribution < -0.4 is 15.6 Å². The predicted molar refractivity (Wildman–Crippen MR) is 92.2 cm³/mol. The number of benzene rings is 2. The molecule has 3 N–H and O–H groups in total. The molecular formula is C19H22N2O2. The number of hydrogen-bond acceptors (Lipinski definition) is 4. The second-order valence-electron chi connectivity index (χ2n) is 5.81. The van der Waals surface area contributed by atoms with Crippen LogP contribution in [0.4, 0.5) is 0 Å². The van der Waals surface area contributed by atoms with Gasteiger partial charge in [-0.05, 0) is 61.7 Å². The quantitative estimate of drug-likeness (QED) is 0.807. The zero-order chi connectivity index (χ0) is 16.4. The van der Waals surface area contributed by atoms with E-state index in [1.54, 1.807) is 0 Å². The highest BCUT2D eigenvalue weighted by molar-refractivity contribution is 5.72. The van der Waals surface area contributed by atoms with Gasteiger partial charge in [0.05, 0.1) is 18.3 Å². The van der Waals surface area contributed by atoms with Crippen molar-refractivity contribution in [2.24, 2.45) is 0 Å². The van der Waals surface area contributed by atoms with Crippen molar-refractivity contribution in [1.82, 2.24) is 10.9 Å². The normalized spacial score (nSPS) is 16.8. The van der Waals surface area contributed by atoms with Gasteiger partial charge in [-0.2, -0.15) is 0 Å². The molecule has 4 heteroatoms. The molecule has 1 aliphatic heterocycles. The van der Waals surface area contributed by atoms with Crippen LogP contribution in [-0.4, -0.2) is 11.7 Å². The van der Waals surface area contributed by atoms with E-state index in [1.807, 2.05) is 57.2 Å². The minimum Gasteiger partial charge on any atom is -0.507 e. The molecule has 0 amide bonds. The third-order valence-electron chi connectivity index (χ3n) is 3.98. The first-order valence-corrected chi connectivity index (χ1v) is 7.85. The van der Waals surface area contributed by atoms with Crippen molar-refractivity contribution in [3.8, 4) is 11.5 Å². The second-order valence-corrected chi connectivity index (χ2v) is 5.81. The lowest BCUT2D eigenvalue weighted by atomic mass is 10.0. The van der Waals surface area contributed by atoms with E-state index >= 15 is 0 Å². The SMILES string of the molecule is CCOc1ccc([C@@H]2C=C(c3cc(C)cc(C)c3O)NN2)cc1. The monoisotopic (exact) mass is 310 g/mol. The number of hydrogen-bond donors (Lipinski definition) is 3. The van der Waals surface area contributed by atoms with E-state index in [2.05, 4.69) is 16.9 Å². The third-order valence-corrected chi connectivity index (χ3v) is 3.98. The summed E-state index contributed by atoms with van der Waals surface area (Å²) in [7, 11) is 0. The average molecular weight is 310 g/mol. The van der Waals surface area contributed by atoms with Crippen molar-refractivity contribution in [2.75, 3.05) is 6.61 Å². The van der Waals surface area contributed by atoms with E-state index in [-0.39, 0.29) is 6.04 Å². The molecule has 3 rings (SSSR count). The molecule has 0 spiro atoms. The van der Waals surface area contributed by atoms with Gasteiger partial charge in [0, 0.05) is 5.56 Å². The summed E-state index contributed by atoms with van der Waals surface area (Å²) in [5, 5.41) is 10.3. The Hall–Kier alpha value is -2.46. The van der Waals surface area contributed by atoms with E-state index in [1.165, 1.54) is 0 Å². The fourth-order valence-corrected chi connectivity index (χ4v) is 2.85. The average Bonchev–Trinajstić information content (AvgIpc) is 3.01. The molecule has 1 heterocycles. The van der Waals surface area contributed by atoms with Gasteiger partial charge in [0.25, 0.3) is 0 Å². The molecule has 1 aliphatic rings. The maximum atomic E-state index is 10.3. The molecule has 23 heavy (non-hydrogen) atoms. The maximum Gasteiger partial charge on any atom is 0.127 e. The number of phenolic OH excluding ortho intramolecular Hbond substituents is 1. The molecule has 0 fully saturated rings. The number of phenols is 1. The van der Waals surface area contributed by atoms with Crippen molar-refractivity contribution in [2.45, 2.75) is 26.8 Å². The van der Waals surface area contributed by atoms with Gasteiger partial charge in [0.15, 0.2) is 0 Å². The highest BCUT2D eigenvalue weighted by Gasteiger charge is 2.20. The van der Waals surface area contributed by atoms with Crippen molar-refractivity contribution < 1.29 is 9.84 Å². The van der Waals surface area contributed by atoms with Crippen LogP contribution in [0, 0.1) is 13.8 Å². The largest absolute Gasteiger partial charge is 0.507 e. The molecule has 0 saturated heterocycles. The molecule has 0 unspecified atom stereocenters. The lowest BCUT2D eigenvalue weighted by Crippen LogP contribution is -2.26. The Morgan fingerprint density at radius 3 is 2.57 bits per heavy atom. The topological polar surface area (TPSA) is 53.5 Å². The minimum absolute atomic E-state index is 0.0564. The molecule has 0 radical (unpaired) electrons. The van der Waals surface area contributed by atoms with Crippen molar-refractivity contribution in [3.63, 3.8) is 0 Å². The summed E-state index contributed by atoms with van der Waals surface area (Å²) in [6.07, 6.45) is 2.09. The summed E-state index contributed by atoms with van der Waals surface area (Å²) in [5.74, 6) is 1.20. The summed E-state index contributed by atoms with van der Waals surface area (Å²) < 4.78 is 5.47. The van der Waals surface area contributed by atoms with Gasteiger partial charge in [-0.1, -0.05) is 18.2 Å². The Labute approximate surface area is 136 Å². The van der Waals surface area contributed by atoms with E-state index in [9.17, 15) is 5.11 Å². The highest BCUT2D eigenvalue weighted by Crippen LogP contribution is 2.32. The van der Waals surface area contributed by atoms with E-state index < -0.39 is 0 Å². The highest BCUT2D eigenvalue weighted by atomic mass is 16.5. The number of nitrogens with one attached hydrogen (secondary N) is 2. The summed E-state index contributed by atoms with van der Waals surface area (Å²) in [6.45, 7) is 6.59. The number of hydrazine groups is 1. The molecule has 0 aliphatic carbocycles. The van der Waals surface area contributed by atoms with Crippen LogP contribution in [-0.2, 0) is 0 Å². The Morgan fingerprint density at radius 2 is 1.87 bits per heavy atom. The molecule has 0 bridgehead atoms. The summed E-state index contributed by atoms with van der Waals surface area (Å²) >= 11 is 0. The molecular weight excluding hydrogens is 288 g/mol. The smallest absolute Gasteiger partial charge is 0.127 e. The van der Waals surface area contributed by atoms with Gasteiger partial charge in [-0.15, -0.1) is 0 Å². The number of aromatic hydroxyl groups is 1. The van der Waals surface area contributed by atoms with Crippen molar-refractivity contribution in [3.05, 3.63) is 64.7 Å². The second kappa shape index (κ2) is 6.34. The van der Waals surface area contributed by atoms with Gasteiger partial charge >= 0.3 is 0 Å². The molecule has 0 saturated carbocycles. The first-order valence-electron chi connectivity index (χ1n) is 7.85. The summed E-state index contributed by atoms with van der Waals surface area (Å²) in [4.78, 5) is 0. The Balaban J connectivity index is 1.86. The van der Waals surface area contributed by atoms with Crippen LogP contribution in [0.5, 0.6) is 11.5 Å². The molecule has 0 aromatic heterocycles. The standard InChI is InChI=1S/C19H22N2O2/c1-4-23-15-7-5-14(6-8-15)17-11-18(21-20-17)16-10-12(2)9-13(3)19(16)22/h5-11,17,20-22H,4H2,1-3H3/t17-/m0/s1. The van der Waals surface area contributed by atoms with Gasteiger partial charge in [0.2, 0.25) is 0 Å². The summed E-state index contributed by atoms with van der Waals surface area (Å²) in [5.41, 5.74) is 11.3. The lowest BCUT2D eigenvalue weighted by Gasteiger charge is -2.11. The van der Waals surface area contributed by atoms with E-state index in [0.29, 0.717) is 12.4 Å². The first-order chi connectivity index (χ1) is 11.1. The Morgan fingerprint density at radius 1 is 1.13 bits per heavy atom. The molecule has 4 nitrogen and oxygen atoms in total. The number of aryl methyl sites for hydroxylation is 2. The van der Waals surface area contributed by atoms with Crippen LogP contribution in [0.25, 0.3) is 5.70 Å². The van der Waals surface area contributed by atoms with Gasteiger partial charge < -0.3 is 15.3 Å².